The predicted octanol–water partition coefficient (Wildman–Crippen LogP) is 1.71. The lowest BCUT2D eigenvalue weighted by Gasteiger charge is -2.09. The van der Waals surface area contributed by atoms with Crippen LogP contribution in [0.2, 0.25) is 0 Å². The summed E-state index contributed by atoms with van der Waals surface area (Å²) in [5, 5.41) is 11.4. The third-order valence-corrected chi connectivity index (χ3v) is 2.50. The van der Waals surface area contributed by atoms with Crippen molar-refractivity contribution in [2.75, 3.05) is 5.43 Å². The lowest BCUT2D eigenvalue weighted by molar-refractivity contribution is 0.242. The zero-order valence-electron chi connectivity index (χ0n) is 12.1. The molecule has 0 radical (unpaired) electrons. The number of aromatic amines is 1. The fourth-order valence-corrected chi connectivity index (χ4v) is 1.52. The van der Waals surface area contributed by atoms with Crippen LogP contribution in [-0.4, -0.2) is 27.5 Å². The van der Waals surface area contributed by atoms with Crippen LogP contribution in [-0.2, 0) is 0 Å². The minimum Gasteiger partial charge on any atom is -0.491 e. The maximum Gasteiger partial charge on any atom is 0.274 e. The van der Waals surface area contributed by atoms with E-state index >= 15 is 0 Å². The van der Waals surface area contributed by atoms with Crippen LogP contribution >= 0.6 is 0 Å². The van der Waals surface area contributed by atoms with Gasteiger partial charge in [-0.05, 0) is 50.6 Å². The van der Waals surface area contributed by atoms with Crippen LogP contribution in [0, 0.1) is 6.92 Å². The smallest absolute Gasteiger partial charge is 0.274 e. The monoisotopic (exact) mass is 287 g/mol. The standard InChI is InChI=1S/C14H17N5O2/c1-9(2)21-12-6-4-11(5-7-12)8-15-18-14-16-13(20)10(3)17-19-14/h4-9H,1-3H3,(H2,16,18,19,20). The van der Waals surface area contributed by atoms with Crippen molar-refractivity contribution < 1.29 is 4.74 Å². The summed E-state index contributed by atoms with van der Waals surface area (Å²) in [6, 6.07) is 7.50. The summed E-state index contributed by atoms with van der Waals surface area (Å²) in [7, 11) is 0. The molecule has 0 aliphatic heterocycles. The van der Waals surface area contributed by atoms with Gasteiger partial charge in [-0.1, -0.05) is 0 Å². The van der Waals surface area contributed by atoms with Gasteiger partial charge >= 0.3 is 0 Å². The summed E-state index contributed by atoms with van der Waals surface area (Å²) in [5.74, 6) is 1.01. The summed E-state index contributed by atoms with van der Waals surface area (Å²) in [4.78, 5) is 13.9. The molecule has 0 aliphatic rings. The normalized spacial score (nSPS) is 11.0. The Hall–Kier alpha value is -2.70. The van der Waals surface area contributed by atoms with Crippen LogP contribution in [0.3, 0.4) is 0 Å². The topological polar surface area (TPSA) is 92.3 Å². The third-order valence-electron chi connectivity index (χ3n) is 2.50. The molecule has 2 aromatic rings. The van der Waals surface area contributed by atoms with E-state index in [4.69, 9.17) is 4.74 Å². The van der Waals surface area contributed by atoms with Gasteiger partial charge in [-0.2, -0.15) is 5.10 Å². The first-order valence-electron chi connectivity index (χ1n) is 6.54. The SMILES string of the molecule is Cc1nnc(NN=Cc2ccc(OC(C)C)cc2)[nH]c1=O. The fourth-order valence-electron chi connectivity index (χ4n) is 1.52. The summed E-state index contributed by atoms with van der Waals surface area (Å²) in [5.41, 5.74) is 3.52. The van der Waals surface area contributed by atoms with Gasteiger partial charge in [-0.3, -0.25) is 9.78 Å². The summed E-state index contributed by atoms with van der Waals surface area (Å²) in [6.45, 7) is 5.53. The Balaban J connectivity index is 1.97. The Kier molecular flexibility index (Phi) is 4.65. The Morgan fingerprint density at radius 3 is 2.62 bits per heavy atom. The number of nitrogens with zero attached hydrogens (tertiary/aromatic N) is 3. The van der Waals surface area contributed by atoms with Crippen molar-refractivity contribution in [3.8, 4) is 5.75 Å². The Bertz CT molecular complexity index is 677. The molecule has 0 aliphatic carbocycles. The second-order valence-electron chi connectivity index (χ2n) is 4.69. The van der Waals surface area contributed by atoms with E-state index in [1.165, 1.54) is 0 Å². The molecule has 0 spiro atoms. The van der Waals surface area contributed by atoms with Crippen molar-refractivity contribution in [1.82, 2.24) is 15.2 Å². The van der Waals surface area contributed by atoms with E-state index in [1.807, 2.05) is 38.1 Å². The second kappa shape index (κ2) is 6.65. The molecular weight excluding hydrogens is 270 g/mol. The molecule has 2 rings (SSSR count). The fraction of sp³-hybridized carbons (Fsp3) is 0.286. The van der Waals surface area contributed by atoms with Crippen LogP contribution in [0.25, 0.3) is 0 Å². The van der Waals surface area contributed by atoms with Gasteiger partial charge in [0, 0.05) is 0 Å². The first-order valence-corrected chi connectivity index (χ1v) is 6.54. The highest BCUT2D eigenvalue weighted by molar-refractivity contribution is 5.80. The van der Waals surface area contributed by atoms with Crippen molar-refractivity contribution in [1.29, 1.82) is 0 Å². The number of hydrogen-bond acceptors (Lipinski definition) is 6. The van der Waals surface area contributed by atoms with Gasteiger partial charge in [0.15, 0.2) is 0 Å². The number of hydrazone groups is 1. The average Bonchev–Trinajstić information content (AvgIpc) is 2.44. The van der Waals surface area contributed by atoms with E-state index in [0.29, 0.717) is 5.69 Å². The highest BCUT2D eigenvalue weighted by Crippen LogP contribution is 2.12. The number of hydrogen-bond donors (Lipinski definition) is 2. The van der Waals surface area contributed by atoms with Gasteiger partial charge in [-0.15, -0.1) is 10.2 Å². The zero-order chi connectivity index (χ0) is 15.2. The number of ether oxygens (including phenoxy) is 1. The Morgan fingerprint density at radius 1 is 1.29 bits per heavy atom. The number of aryl methyl sites for hydroxylation is 1. The number of H-pyrrole nitrogens is 1. The summed E-state index contributed by atoms with van der Waals surface area (Å²) in [6.07, 6.45) is 1.75. The zero-order valence-corrected chi connectivity index (χ0v) is 12.1. The van der Waals surface area contributed by atoms with E-state index in [2.05, 4.69) is 25.7 Å². The van der Waals surface area contributed by atoms with Crippen LogP contribution in [0.1, 0.15) is 25.1 Å². The van der Waals surface area contributed by atoms with Crippen LogP contribution in [0.5, 0.6) is 5.75 Å². The van der Waals surface area contributed by atoms with Gasteiger partial charge in [0.25, 0.3) is 5.56 Å². The van der Waals surface area contributed by atoms with Crippen molar-refractivity contribution in [3.63, 3.8) is 0 Å². The molecule has 0 saturated carbocycles. The number of benzene rings is 1. The number of anilines is 1. The number of aromatic nitrogens is 3. The molecule has 1 heterocycles. The molecule has 7 heteroatoms. The number of nitrogens with one attached hydrogen (secondary N) is 2. The maximum atomic E-state index is 11.3. The molecule has 0 amide bonds. The molecule has 0 unspecified atom stereocenters. The van der Waals surface area contributed by atoms with Crippen molar-refractivity contribution in [3.05, 3.63) is 45.9 Å². The molecule has 2 N–H and O–H groups in total. The molecule has 7 nitrogen and oxygen atoms in total. The van der Waals surface area contributed by atoms with Crippen molar-refractivity contribution in [2.24, 2.45) is 5.10 Å². The molecule has 0 atom stereocenters. The molecule has 110 valence electrons. The lowest BCUT2D eigenvalue weighted by Crippen LogP contribution is -2.15. The van der Waals surface area contributed by atoms with E-state index in [0.717, 1.165) is 11.3 Å². The maximum absolute atomic E-state index is 11.3. The second-order valence-corrected chi connectivity index (χ2v) is 4.69. The minimum absolute atomic E-state index is 0.142. The van der Waals surface area contributed by atoms with Crippen LogP contribution in [0.15, 0.2) is 34.2 Å². The molecule has 0 saturated heterocycles. The molecule has 1 aromatic heterocycles. The van der Waals surface area contributed by atoms with Gasteiger partial charge in [0.1, 0.15) is 11.4 Å². The number of rotatable bonds is 5. The third kappa shape index (κ3) is 4.41. The first-order chi connectivity index (χ1) is 10.0. The molecule has 0 fully saturated rings. The first kappa shape index (κ1) is 14.7. The van der Waals surface area contributed by atoms with Crippen molar-refractivity contribution in [2.45, 2.75) is 26.9 Å². The molecule has 0 bridgehead atoms. The van der Waals surface area contributed by atoms with Gasteiger partial charge in [0.2, 0.25) is 5.95 Å². The minimum atomic E-state index is -0.294. The highest BCUT2D eigenvalue weighted by Gasteiger charge is 1.98. The highest BCUT2D eigenvalue weighted by atomic mass is 16.5. The molecule has 21 heavy (non-hydrogen) atoms. The van der Waals surface area contributed by atoms with E-state index in [9.17, 15) is 4.79 Å². The van der Waals surface area contributed by atoms with Crippen molar-refractivity contribution >= 4 is 12.2 Å². The largest absolute Gasteiger partial charge is 0.491 e. The van der Waals surface area contributed by atoms with Gasteiger partial charge < -0.3 is 4.74 Å². The average molecular weight is 287 g/mol. The van der Waals surface area contributed by atoms with E-state index in [1.54, 1.807) is 13.1 Å². The van der Waals surface area contributed by atoms with Crippen LogP contribution < -0.4 is 15.7 Å². The Morgan fingerprint density at radius 2 is 2.00 bits per heavy atom. The van der Waals surface area contributed by atoms with E-state index < -0.39 is 0 Å². The van der Waals surface area contributed by atoms with Crippen LogP contribution in [0.4, 0.5) is 5.95 Å². The summed E-state index contributed by atoms with van der Waals surface area (Å²) >= 11 is 0. The van der Waals surface area contributed by atoms with Gasteiger partial charge in [-0.25, -0.2) is 5.43 Å². The quantitative estimate of drug-likeness (QED) is 0.645. The molecular formula is C14H17N5O2. The lowest BCUT2D eigenvalue weighted by atomic mass is 10.2. The Labute approximate surface area is 122 Å². The summed E-state index contributed by atoms with van der Waals surface area (Å²) < 4.78 is 5.55. The predicted molar refractivity (Wildman–Crippen MR) is 80.8 cm³/mol. The van der Waals surface area contributed by atoms with E-state index in [-0.39, 0.29) is 17.6 Å². The molecule has 1 aromatic carbocycles. The van der Waals surface area contributed by atoms with Gasteiger partial charge in [0.05, 0.1) is 12.3 Å².